The van der Waals surface area contributed by atoms with Crippen LogP contribution in [-0.2, 0) is 42.7 Å². The summed E-state index contributed by atoms with van der Waals surface area (Å²) in [6.07, 6.45) is 6.62. The van der Waals surface area contributed by atoms with E-state index >= 15 is 0 Å². The molecule has 0 radical (unpaired) electrons. The van der Waals surface area contributed by atoms with Crippen molar-refractivity contribution in [1.29, 1.82) is 0 Å². The van der Waals surface area contributed by atoms with E-state index in [0.29, 0.717) is 32.0 Å². The quantitative estimate of drug-likeness (QED) is 0.403. The highest BCUT2D eigenvalue weighted by molar-refractivity contribution is 5.79. The fourth-order valence-electron chi connectivity index (χ4n) is 11.2. The van der Waals surface area contributed by atoms with Gasteiger partial charge in [0, 0.05) is 57.8 Å². The van der Waals surface area contributed by atoms with Gasteiger partial charge in [-0.05, 0) is 80.8 Å². The van der Waals surface area contributed by atoms with Gasteiger partial charge in [-0.1, -0.05) is 20.1 Å². The average Bonchev–Trinajstić information content (AvgIpc) is 3.69. The molecule has 18 atom stereocenters. The molecule has 10 aliphatic rings. The third-order valence-corrected chi connectivity index (χ3v) is 13.9. The Kier molecular flexibility index (Phi) is 11.6. The first kappa shape index (κ1) is 37.7. The summed E-state index contributed by atoms with van der Waals surface area (Å²) >= 11 is 0. The molecule has 9 aliphatic heterocycles. The summed E-state index contributed by atoms with van der Waals surface area (Å²) in [6, 6.07) is 0. The number of aliphatic hydroxyl groups excluding tert-OH is 2. The monoisotopic (exact) mass is 730 g/mol. The molecule has 0 aromatic rings. The second-order valence-corrected chi connectivity index (χ2v) is 17.3. The highest BCUT2D eigenvalue weighted by Gasteiger charge is 2.58. The number of hydrogen-bond donors (Lipinski definition) is 2. The maximum atomic E-state index is 14.0. The zero-order chi connectivity index (χ0) is 36.1. The lowest BCUT2D eigenvalue weighted by Crippen LogP contribution is -2.57. The summed E-state index contributed by atoms with van der Waals surface area (Å²) in [6.45, 7) is 12.0. The molecule has 11 bridgehead atoms. The lowest BCUT2D eigenvalue weighted by Gasteiger charge is -2.48. The van der Waals surface area contributed by atoms with Crippen LogP contribution in [0.25, 0.3) is 0 Å². The molecule has 11 heteroatoms. The van der Waals surface area contributed by atoms with Crippen molar-refractivity contribution in [2.75, 3.05) is 26.9 Å². The molecule has 292 valence electrons. The molecular weight excluding hydrogens is 668 g/mol. The van der Waals surface area contributed by atoms with Crippen LogP contribution in [-0.4, -0.2) is 128 Å². The van der Waals surface area contributed by atoms with Crippen LogP contribution in [0.2, 0.25) is 0 Å². The Morgan fingerprint density at radius 2 is 1.52 bits per heavy atom. The van der Waals surface area contributed by atoms with E-state index in [1.807, 2.05) is 0 Å². The smallest absolute Gasteiger partial charge is 0.135 e. The summed E-state index contributed by atoms with van der Waals surface area (Å²) in [5, 5.41) is 20.1. The van der Waals surface area contributed by atoms with Crippen LogP contribution in [0, 0.1) is 23.7 Å². The van der Waals surface area contributed by atoms with E-state index in [9.17, 15) is 15.0 Å². The predicted octanol–water partition coefficient (Wildman–Crippen LogP) is 4.24. The molecule has 10 fully saturated rings. The third-order valence-electron chi connectivity index (χ3n) is 13.9. The minimum atomic E-state index is -0.939. The van der Waals surface area contributed by atoms with Crippen LogP contribution in [0.1, 0.15) is 90.4 Å². The van der Waals surface area contributed by atoms with Gasteiger partial charge in [-0.3, -0.25) is 4.79 Å². The first-order valence-electron chi connectivity index (χ1n) is 20.4. The van der Waals surface area contributed by atoms with Gasteiger partial charge in [0.1, 0.15) is 11.9 Å². The summed E-state index contributed by atoms with van der Waals surface area (Å²) in [4.78, 5) is 14.0. The number of rotatable bonds is 4. The fourth-order valence-corrected chi connectivity index (χ4v) is 11.2. The number of ether oxygens (including phenoxy) is 8. The van der Waals surface area contributed by atoms with Crippen molar-refractivity contribution < 1.29 is 52.9 Å². The number of methoxy groups -OCH3 is 1. The normalized spacial score (nSPS) is 49.2. The van der Waals surface area contributed by atoms with Crippen LogP contribution in [0.5, 0.6) is 0 Å². The number of ketones is 1. The summed E-state index contributed by atoms with van der Waals surface area (Å²) in [7, 11) is 1.64. The van der Waals surface area contributed by atoms with E-state index in [-0.39, 0.29) is 110 Å². The highest BCUT2D eigenvalue weighted by Crippen LogP contribution is 2.50. The van der Waals surface area contributed by atoms with Gasteiger partial charge in [-0.15, -0.1) is 0 Å². The molecule has 9 saturated heterocycles. The van der Waals surface area contributed by atoms with Crippen LogP contribution in [0.15, 0.2) is 24.3 Å². The third kappa shape index (κ3) is 7.62. The lowest BCUT2D eigenvalue weighted by molar-refractivity contribution is -0.205. The van der Waals surface area contributed by atoms with Crippen molar-refractivity contribution in [3.63, 3.8) is 0 Å². The topological polar surface area (TPSA) is 131 Å². The molecule has 0 amide bonds. The number of aliphatic hydroxyl groups is 2. The number of Topliss-reactive ketones (excluding diaryl/α,β-unsaturated/α-hetero) is 1. The number of hydrogen-bond acceptors (Lipinski definition) is 11. The molecular formula is C41H62O11. The Labute approximate surface area is 309 Å². The minimum Gasteiger partial charge on any atom is -0.394 e. The maximum absolute atomic E-state index is 14.0. The first-order chi connectivity index (χ1) is 25.2. The molecule has 1 saturated carbocycles. The zero-order valence-corrected chi connectivity index (χ0v) is 31.2. The molecule has 10 rings (SSSR count). The first-order valence-corrected chi connectivity index (χ1v) is 20.4. The molecule has 11 nitrogen and oxygen atoms in total. The summed E-state index contributed by atoms with van der Waals surface area (Å²) in [5.41, 5.74) is 2.20. The van der Waals surface area contributed by atoms with Crippen molar-refractivity contribution in [1.82, 2.24) is 0 Å². The zero-order valence-electron chi connectivity index (χ0n) is 31.2. The molecule has 52 heavy (non-hydrogen) atoms. The second kappa shape index (κ2) is 16.1. The molecule has 2 N–H and O–H groups in total. The number of carbonyl (C=O) groups is 1. The Morgan fingerprint density at radius 3 is 2.35 bits per heavy atom. The standard InChI is InChI=1S/C41H62O11/c1-21-13-27-7-8-32-22(2)14-29(48-32)9-11-46-39-31-15-24-5-6-28(50-37(24)41-40(31)52-33(39)10-12-47-41)16-25(43)17-30-35(19-34(49-27)23(21)3)51-36(38(30)45-4)18-26(44)20-42/h21,24,26-42,44H,2-3,5-20H2,1,4H3/t21-,24-,26+,27+,28-,29+,30+,31+,32+,33+,34-,35+,36-,37+,38-,39+,40-,41+/m1/s1. The van der Waals surface area contributed by atoms with Gasteiger partial charge in [-0.25, -0.2) is 0 Å². The molecule has 0 spiro atoms. The van der Waals surface area contributed by atoms with Gasteiger partial charge in [0.2, 0.25) is 0 Å². The summed E-state index contributed by atoms with van der Waals surface area (Å²) in [5.74, 6) is 0.771. The Bertz CT molecular complexity index is 1290. The van der Waals surface area contributed by atoms with E-state index in [4.69, 9.17) is 37.9 Å². The van der Waals surface area contributed by atoms with Crippen LogP contribution in [0.3, 0.4) is 0 Å². The fraction of sp³-hybridized carbons (Fsp3) is 0.878. The van der Waals surface area contributed by atoms with Gasteiger partial charge in [0.15, 0.2) is 0 Å². The molecule has 0 aromatic carbocycles. The highest BCUT2D eigenvalue weighted by atomic mass is 16.6. The lowest BCUT2D eigenvalue weighted by atomic mass is 9.70. The van der Waals surface area contributed by atoms with E-state index in [1.165, 1.54) is 0 Å². The second-order valence-electron chi connectivity index (χ2n) is 17.3. The largest absolute Gasteiger partial charge is 0.394 e. The van der Waals surface area contributed by atoms with Gasteiger partial charge < -0.3 is 48.1 Å². The Balaban J connectivity index is 1.04. The molecule has 0 unspecified atom stereocenters. The van der Waals surface area contributed by atoms with E-state index < -0.39 is 18.3 Å². The Hall–Kier alpha value is -1.25. The van der Waals surface area contributed by atoms with E-state index in [2.05, 4.69) is 20.1 Å². The SMILES string of the molecule is C=C1C[C@@H]2CCO[C@H]3[C@@H]4C[C@H]5CC[C@H](CC(=O)C[C@@H]6[C@@H](OC)[C@@H](C[C@H](O)CO)O[C@H]6C[C@H]6O[C@@H](CC[C@@H]1O2)C[C@@H](C)C6=C)O[C@@H]5[C@@H]1OCC[C@@H]3O[C@H]41. The Morgan fingerprint density at radius 1 is 0.750 bits per heavy atom. The van der Waals surface area contributed by atoms with Gasteiger partial charge in [-0.2, -0.15) is 0 Å². The van der Waals surface area contributed by atoms with Gasteiger partial charge >= 0.3 is 0 Å². The van der Waals surface area contributed by atoms with Crippen LogP contribution in [0.4, 0.5) is 0 Å². The molecule has 1 aliphatic carbocycles. The van der Waals surface area contributed by atoms with E-state index in [0.717, 1.165) is 68.9 Å². The average molecular weight is 731 g/mol. The van der Waals surface area contributed by atoms with Crippen molar-refractivity contribution in [3.05, 3.63) is 24.3 Å². The van der Waals surface area contributed by atoms with Gasteiger partial charge in [0.25, 0.3) is 0 Å². The van der Waals surface area contributed by atoms with E-state index in [1.54, 1.807) is 7.11 Å². The summed E-state index contributed by atoms with van der Waals surface area (Å²) < 4.78 is 52.7. The van der Waals surface area contributed by atoms with Crippen molar-refractivity contribution in [2.45, 2.75) is 176 Å². The van der Waals surface area contributed by atoms with Crippen molar-refractivity contribution in [3.8, 4) is 0 Å². The van der Waals surface area contributed by atoms with Crippen molar-refractivity contribution in [2.24, 2.45) is 23.7 Å². The minimum absolute atomic E-state index is 0.00797. The van der Waals surface area contributed by atoms with Crippen molar-refractivity contribution >= 4 is 5.78 Å². The molecule has 9 heterocycles. The molecule has 0 aromatic heterocycles. The number of carbonyl (C=O) groups excluding carboxylic acids is 1. The number of fused-ring (bicyclic) bond motifs is 2. The van der Waals surface area contributed by atoms with Crippen LogP contribution >= 0.6 is 0 Å². The maximum Gasteiger partial charge on any atom is 0.135 e. The van der Waals surface area contributed by atoms with Gasteiger partial charge in [0.05, 0.1) is 86.0 Å². The predicted molar refractivity (Wildman–Crippen MR) is 190 cm³/mol. The van der Waals surface area contributed by atoms with Crippen LogP contribution < -0.4 is 0 Å².